The highest BCUT2D eigenvalue weighted by Gasteiger charge is 2.30. The van der Waals surface area contributed by atoms with Crippen LogP contribution in [0, 0.1) is 20.8 Å². The first-order valence-electron chi connectivity index (χ1n) is 7.60. The lowest BCUT2D eigenvalue weighted by atomic mass is 10.1. The van der Waals surface area contributed by atoms with Crippen LogP contribution in [0.4, 0.5) is 0 Å². The van der Waals surface area contributed by atoms with E-state index >= 15 is 0 Å². The van der Waals surface area contributed by atoms with E-state index in [0.717, 1.165) is 23.5 Å². The van der Waals surface area contributed by atoms with Crippen LogP contribution in [0.15, 0.2) is 4.79 Å². The molecule has 3 rings (SSSR count). The predicted molar refractivity (Wildman–Crippen MR) is 81.4 cm³/mol. The molecule has 3 heterocycles. The summed E-state index contributed by atoms with van der Waals surface area (Å²) in [6, 6.07) is -0.827. The third kappa shape index (κ3) is 2.64. The zero-order valence-electron chi connectivity index (χ0n) is 13.4. The second-order valence-electron chi connectivity index (χ2n) is 5.90. The first-order chi connectivity index (χ1) is 10.9. The molecule has 2 aromatic heterocycles. The molecule has 122 valence electrons. The number of aliphatic carboxylic acids is 1. The Morgan fingerprint density at radius 3 is 2.61 bits per heavy atom. The Morgan fingerprint density at radius 1 is 1.22 bits per heavy atom. The zero-order valence-corrected chi connectivity index (χ0v) is 13.4. The molecular weight excluding hydrogens is 298 g/mol. The van der Waals surface area contributed by atoms with Crippen LogP contribution >= 0.6 is 0 Å². The van der Waals surface area contributed by atoms with Crippen LogP contribution in [-0.2, 0) is 17.8 Å². The van der Waals surface area contributed by atoms with Gasteiger partial charge in [-0.1, -0.05) is 0 Å². The van der Waals surface area contributed by atoms with Crippen LogP contribution in [0.3, 0.4) is 0 Å². The van der Waals surface area contributed by atoms with E-state index in [4.69, 9.17) is 0 Å². The number of carboxylic acids is 1. The Kier molecular flexibility index (Phi) is 3.75. The van der Waals surface area contributed by atoms with Crippen molar-refractivity contribution >= 4 is 5.97 Å². The van der Waals surface area contributed by atoms with E-state index in [9.17, 15) is 14.7 Å². The third-order valence-electron chi connectivity index (χ3n) is 4.29. The molecule has 8 nitrogen and oxygen atoms in total. The Balaban J connectivity index is 2.02. The number of carboxylic acid groups (broad SMARTS) is 1. The standard InChI is InChI=1S/C15H19N5O3/c1-8-9(2)17-11(10(3)16-8)7-19-15(23)20-12(14(21)22)5-4-6-13(20)18-19/h12H,4-7H2,1-3H3,(H,21,22). The van der Waals surface area contributed by atoms with E-state index in [-0.39, 0.29) is 6.54 Å². The molecule has 0 aromatic carbocycles. The number of aromatic nitrogens is 5. The molecule has 2 aromatic rings. The quantitative estimate of drug-likeness (QED) is 0.897. The fourth-order valence-electron chi connectivity index (χ4n) is 2.92. The Hall–Kier alpha value is -2.51. The first kappa shape index (κ1) is 15.4. The van der Waals surface area contributed by atoms with Gasteiger partial charge in [0.05, 0.1) is 29.3 Å². The molecule has 8 heteroatoms. The average Bonchev–Trinajstić information content (AvgIpc) is 2.81. The van der Waals surface area contributed by atoms with E-state index in [0.29, 0.717) is 24.4 Å². The molecule has 0 bridgehead atoms. The van der Waals surface area contributed by atoms with E-state index in [1.807, 2.05) is 20.8 Å². The van der Waals surface area contributed by atoms with Gasteiger partial charge in [-0.05, 0) is 33.6 Å². The van der Waals surface area contributed by atoms with Gasteiger partial charge in [-0.2, -0.15) is 5.10 Å². The van der Waals surface area contributed by atoms with Crippen molar-refractivity contribution in [3.8, 4) is 0 Å². The number of hydrogen-bond donors (Lipinski definition) is 1. The minimum absolute atomic E-state index is 0.200. The summed E-state index contributed by atoms with van der Waals surface area (Å²) in [5.74, 6) is -0.460. The van der Waals surface area contributed by atoms with Gasteiger partial charge in [0.25, 0.3) is 0 Å². The van der Waals surface area contributed by atoms with Gasteiger partial charge in [0, 0.05) is 6.42 Å². The number of carbonyl (C=O) groups is 1. The zero-order chi connectivity index (χ0) is 16.7. The minimum atomic E-state index is -0.991. The fourth-order valence-corrected chi connectivity index (χ4v) is 2.92. The molecular formula is C15H19N5O3. The molecule has 1 aliphatic rings. The Labute approximate surface area is 132 Å². The molecule has 0 saturated carbocycles. The van der Waals surface area contributed by atoms with Crippen molar-refractivity contribution < 1.29 is 9.90 Å². The monoisotopic (exact) mass is 317 g/mol. The molecule has 1 unspecified atom stereocenters. The van der Waals surface area contributed by atoms with E-state index < -0.39 is 17.7 Å². The van der Waals surface area contributed by atoms with Gasteiger partial charge < -0.3 is 5.11 Å². The molecule has 1 atom stereocenters. The van der Waals surface area contributed by atoms with Gasteiger partial charge in [-0.15, -0.1) is 0 Å². The largest absolute Gasteiger partial charge is 0.480 e. The van der Waals surface area contributed by atoms with Crippen LogP contribution in [0.5, 0.6) is 0 Å². The second kappa shape index (κ2) is 5.60. The minimum Gasteiger partial charge on any atom is -0.480 e. The van der Waals surface area contributed by atoms with Crippen molar-refractivity contribution in [1.29, 1.82) is 0 Å². The van der Waals surface area contributed by atoms with Crippen LogP contribution in [0.1, 0.15) is 47.5 Å². The molecule has 0 fully saturated rings. The van der Waals surface area contributed by atoms with Gasteiger partial charge in [-0.3, -0.25) is 14.5 Å². The maximum absolute atomic E-state index is 12.5. The Morgan fingerprint density at radius 2 is 1.91 bits per heavy atom. The second-order valence-corrected chi connectivity index (χ2v) is 5.90. The summed E-state index contributed by atoms with van der Waals surface area (Å²) in [5, 5.41) is 13.6. The van der Waals surface area contributed by atoms with Crippen molar-refractivity contribution in [2.75, 3.05) is 0 Å². The summed E-state index contributed by atoms with van der Waals surface area (Å²) >= 11 is 0. The lowest BCUT2D eigenvalue weighted by molar-refractivity contribution is -0.141. The van der Waals surface area contributed by atoms with Crippen molar-refractivity contribution in [1.82, 2.24) is 24.3 Å². The summed E-state index contributed by atoms with van der Waals surface area (Å²) in [5.41, 5.74) is 2.70. The number of hydrogen-bond acceptors (Lipinski definition) is 5. The predicted octanol–water partition coefficient (Wildman–Crippen LogP) is 0.770. The maximum Gasteiger partial charge on any atom is 0.347 e. The molecule has 23 heavy (non-hydrogen) atoms. The van der Waals surface area contributed by atoms with Gasteiger partial charge in [-0.25, -0.2) is 14.3 Å². The third-order valence-corrected chi connectivity index (χ3v) is 4.29. The van der Waals surface area contributed by atoms with Crippen molar-refractivity contribution in [3.63, 3.8) is 0 Å². The summed E-state index contributed by atoms with van der Waals surface area (Å²) in [6.45, 7) is 5.80. The summed E-state index contributed by atoms with van der Waals surface area (Å²) in [7, 11) is 0. The normalized spacial score (nSPS) is 17.1. The number of nitrogens with zero attached hydrogens (tertiary/aromatic N) is 5. The lowest BCUT2D eigenvalue weighted by Gasteiger charge is -2.19. The topological polar surface area (TPSA) is 103 Å². The molecule has 0 aliphatic carbocycles. The van der Waals surface area contributed by atoms with E-state index in [1.54, 1.807) is 0 Å². The molecule has 1 N–H and O–H groups in total. The summed E-state index contributed by atoms with van der Waals surface area (Å²) in [4.78, 5) is 32.8. The molecule has 0 amide bonds. The SMILES string of the molecule is Cc1nc(C)c(Cn2nc3n(c2=O)C(C(=O)O)CCC3)nc1C. The summed E-state index contributed by atoms with van der Waals surface area (Å²) in [6.07, 6.45) is 1.79. The number of rotatable bonds is 3. The fraction of sp³-hybridized carbons (Fsp3) is 0.533. The Bertz CT molecular complexity index is 836. The van der Waals surface area contributed by atoms with Gasteiger partial charge >= 0.3 is 11.7 Å². The van der Waals surface area contributed by atoms with Crippen LogP contribution in [0.25, 0.3) is 0 Å². The molecule has 0 spiro atoms. The van der Waals surface area contributed by atoms with E-state index in [1.165, 1.54) is 9.25 Å². The molecule has 0 saturated heterocycles. The van der Waals surface area contributed by atoms with Crippen LogP contribution < -0.4 is 5.69 Å². The van der Waals surface area contributed by atoms with Crippen molar-refractivity contribution in [2.45, 2.75) is 52.6 Å². The first-order valence-corrected chi connectivity index (χ1v) is 7.60. The van der Waals surface area contributed by atoms with Gasteiger partial charge in [0.1, 0.15) is 11.9 Å². The molecule has 1 aliphatic heterocycles. The number of aryl methyl sites for hydroxylation is 4. The highest BCUT2D eigenvalue weighted by molar-refractivity contribution is 5.72. The molecule has 0 radical (unpaired) electrons. The highest BCUT2D eigenvalue weighted by atomic mass is 16.4. The van der Waals surface area contributed by atoms with Crippen LogP contribution in [-0.4, -0.2) is 35.4 Å². The van der Waals surface area contributed by atoms with Crippen molar-refractivity contribution in [3.05, 3.63) is 39.1 Å². The number of fused-ring (bicyclic) bond motifs is 1. The lowest BCUT2D eigenvalue weighted by Crippen LogP contribution is -2.34. The van der Waals surface area contributed by atoms with E-state index in [2.05, 4.69) is 15.1 Å². The summed E-state index contributed by atoms with van der Waals surface area (Å²) < 4.78 is 2.60. The van der Waals surface area contributed by atoms with Crippen LogP contribution in [0.2, 0.25) is 0 Å². The van der Waals surface area contributed by atoms with Gasteiger partial charge in [0.15, 0.2) is 0 Å². The average molecular weight is 317 g/mol. The van der Waals surface area contributed by atoms with Crippen molar-refractivity contribution in [2.24, 2.45) is 0 Å². The highest BCUT2D eigenvalue weighted by Crippen LogP contribution is 2.22. The maximum atomic E-state index is 12.5. The smallest absolute Gasteiger partial charge is 0.347 e. The van der Waals surface area contributed by atoms with Gasteiger partial charge in [0.2, 0.25) is 0 Å².